The number of carbonyl (C=O) groups is 2. The third-order valence-electron chi connectivity index (χ3n) is 4.45. The maximum atomic E-state index is 12.2. The molecule has 29 heavy (non-hydrogen) atoms. The number of furan rings is 1. The standard InChI is InChI=1S/C20H21N3O5S/c1-12(10-24)22-20(26)28-14-3-4-15-16(9-21)19(29-17(15)8-14)23-18(25)5-2-13-6-7-27-11-13/h2,5-7,11-12,14,24H,3-4,8,10H2,1H3,(H,22,26)(H,23,25). The number of amides is 2. The van der Waals surface area contributed by atoms with Crippen molar-refractivity contribution in [2.75, 3.05) is 11.9 Å². The van der Waals surface area contributed by atoms with E-state index < -0.39 is 6.09 Å². The molecular formula is C20H21N3O5S. The van der Waals surface area contributed by atoms with Gasteiger partial charge in [-0.05, 0) is 37.5 Å². The molecule has 2 heterocycles. The zero-order valence-electron chi connectivity index (χ0n) is 15.8. The molecule has 1 aliphatic rings. The summed E-state index contributed by atoms with van der Waals surface area (Å²) in [5.74, 6) is -0.341. The summed E-state index contributed by atoms with van der Waals surface area (Å²) in [7, 11) is 0. The number of nitriles is 1. The first-order chi connectivity index (χ1) is 14.0. The van der Waals surface area contributed by atoms with E-state index in [1.165, 1.54) is 29.9 Å². The van der Waals surface area contributed by atoms with Gasteiger partial charge in [0.15, 0.2) is 0 Å². The molecule has 3 rings (SSSR count). The summed E-state index contributed by atoms with van der Waals surface area (Å²) in [6, 6.07) is 3.52. The van der Waals surface area contributed by atoms with Crippen LogP contribution in [0.4, 0.5) is 9.80 Å². The number of nitrogens with one attached hydrogen (secondary N) is 2. The van der Waals surface area contributed by atoms with E-state index in [0.717, 1.165) is 16.0 Å². The number of aliphatic hydroxyl groups is 1. The van der Waals surface area contributed by atoms with Crippen molar-refractivity contribution in [3.63, 3.8) is 0 Å². The van der Waals surface area contributed by atoms with E-state index in [0.29, 0.717) is 29.8 Å². The fourth-order valence-corrected chi connectivity index (χ4v) is 4.26. The molecule has 0 saturated carbocycles. The molecule has 1 aliphatic carbocycles. The van der Waals surface area contributed by atoms with Crippen LogP contribution in [0.5, 0.6) is 0 Å². The summed E-state index contributed by atoms with van der Waals surface area (Å²) in [6.45, 7) is 1.51. The van der Waals surface area contributed by atoms with Crippen LogP contribution in [-0.4, -0.2) is 35.9 Å². The smallest absolute Gasteiger partial charge is 0.407 e. The number of hydrogen-bond acceptors (Lipinski definition) is 7. The van der Waals surface area contributed by atoms with Crippen molar-refractivity contribution in [1.82, 2.24) is 5.32 Å². The molecule has 2 unspecified atom stereocenters. The van der Waals surface area contributed by atoms with Gasteiger partial charge in [-0.1, -0.05) is 0 Å². The maximum absolute atomic E-state index is 12.2. The van der Waals surface area contributed by atoms with Crippen LogP contribution in [0, 0.1) is 11.3 Å². The predicted molar refractivity (Wildman–Crippen MR) is 107 cm³/mol. The van der Waals surface area contributed by atoms with Gasteiger partial charge in [-0.25, -0.2) is 4.79 Å². The molecule has 2 amide bonds. The quantitative estimate of drug-likeness (QED) is 0.623. The topological polar surface area (TPSA) is 125 Å². The average Bonchev–Trinajstić information content (AvgIpc) is 3.32. The van der Waals surface area contributed by atoms with Crippen molar-refractivity contribution >= 4 is 34.4 Å². The molecule has 0 radical (unpaired) electrons. The van der Waals surface area contributed by atoms with Gasteiger partial charge in [0.05, 0.1) is 30.7 Å². The highest BCUT2D eigenvalue weighted by atomic mass is 32.1. The van der Waals surface area contributed by atoms with Gasteiger partial charge in [-0.3, -0.25) is 4.79 Å². The number of fused-ring (bicyclic) bond motifs is 1. The zero-order valence-corrected chi connectivity index (χ0v) is 16.6. The second kappa shape index (κ2) is 9.41. The van der Waals surface area contributed by atoms with Gasteiger partial charge in [0, 0.05) is 22.9 Å². The van der Waals surface area contributed by atoms with Crippen molar-refractivity contribution in [1.29, 1.82) is 5.26 Å². The Bertz CT molecular complexity index is 942. The number of aliphatic hydroxyl groups excluding tert-OH is 1. The number of hydrogen-bond donors (Lipinski definition) is 3. The Morgan fingerprint density at radius 2 is 2.38 bits per heavy atom. The van der Waals surface area contributed by atoms with Crippen molar-refractivity contribution in [2.24, 2.45) is 0 Å². The lowest BCUT2D eigenvalue weighted by Gasteiger charge is -2.23. The molecule has 0 aliphatic heterocycles. The highest BCUT2D eigenvalue weighted by Crippen LogP contribution is 2.38. The molecule has 2 aromatic heterocycles. The van der Waals surface area contributed by atoms with Gasteiger partial charge < -0.3 is 24.9 Å². The number of ether oxygens (including phenoxy) is 1. The van der Waals surface area contributed by atoms with Crippen LogP contribution in [0.2, 0.25) is 0 Å². The van der Waals surface area contributed by atoms with E-state index in [-0.39, 0.29) is 24.7 Å². The lowest BCUT2D eigenvalue weighted by Crippen LogP contribution is -2.38. The Morgan fingerprint density at radius 1 is 1.55 bits per heavy atom. The number of thiophene rings is 1. The SMILES string of the molecule is CC(CO)NC(=O)OC1CCc2c(sc(NC(=O)C=Cc3ccoc3)c2C#N)C1. The largest absolute Gasteiger partial charge is 0.472 e. The summed E-state index contributed by atoms with van der Waals surface area (Å²) in [4.78, 5) is 25.0. The van der Waals surface area contributed by atoms with Crippen LogP contribution in [0.25, 0.3) is 6.08 Å². The zero-order chi connectivity index (χ0) is 20.8. The number of alkyl carbamates (subject to hydrolysis) is 1. The molecule has 8 nitrogen and oxygen atoms in total. The fourth-order valence-electron chi connectivity index (χ4n) is 2.99. The number of rotatable bonds is 6. The van der Waals surface area contributed by atoms with Crippen LogP contribution >= 0.6 is 11.3 Å². The average molecular weight is 415 g/mol. The summed E-state index contributed by atoms with van der Waals surface area (Å²) in [6.07, 6.45) is 6.80. The van der Waals surface area contributed by atoms with Crippen LogP contribution in [0.3, 0.4) is 0 Å². The molecular weight excluding hydrogens is 394 g/mol. The van der Waals surface area contributed by atoms with Gasteiger partial charge in [-0.15, -0.1) is 11.3 Å². The monoisotopic (exact) mass is 415 g/mol. The summed E-state index contributed by atoms with van der Waals surface area (Å²) in [5, 5.41) is 24.4. The second-order valence-electron chi connectivity index (χ2n) is 6.70. The van der Waals surface area contributed by atoms with Crippen molar-refractivity contribution < 1.29 is 23.8 Å². The molecule has 0 aromatic carbocycles. The van der Waals surface area contributed by atoms with E-state index in [1.54, 1.807) is 19.1 Å². The van der Waals surface area contributed by atoms with Crippen molar-refractivity contribution in [2.45, 2.75) is 38.3 Å². The highest BCUT2D eigenvalue weighted by Gasteiger charge is 2.28. The molecule has 0 spiro atoms. The second-order valence-corrected chi connectivity index (χ2v) is 7.80. The van der Waals surface area contributed by atoms with Gasteiger partial charge in [0.2, 0.25) is 5.91 Å². The number of nitrogens with zero attached hydrogens (tertiary/aromatic N) is 1. The van der Waals surface area contributed by atoms with Crippen molar-refractivity contribution in [3.8, 4) is 6.07 Å². The Hall–Kier alpha value is -3.09. The first kappa shape index (κ1) is 20.6. The molecule has 9 heteroatoms. The van der Waals surface area contributed by atoms with Crippen LogP contribution in [0.1, 0.15) is 34.9 Å². The summed E-state index contributed by atoms with van der Waals surface area (Å²) in [5.41, 5.74) is 2.13. The molecule has 3 N–H and O–H groups in total. The van der Waals surface area contributed by atoms with E-state index in [9.17, 15) is 14.9 Å². The van der Waals surface area contributed by atoms with E-state index in [4.69, 9.17) is 14.3 Å². The number of carbonyl (C=O) groups excluding carboxylic acids is 2. The lowest BCUT2D eigenvalue weighted by atomic mass is 9.94. The summed E-state index contributed by atoms with van der Waals surface area (Å²) < 4.78 is 10.4. The molecule has 2 aromatic rings. The van der Waals surface area contributed by atoms with E-state index in [1.807, 2.05) is 0 Å². The van der Waals surface area contributed by atoms with Gasteiger partial charge in [-0.2, -0.15) is 5.26 Å². The maximum Gasteiger partial charge on any atom is 0.407 e. The Kier molecular flexibility index (Phi) is 6.69. The van der Waals surface area contributed by atoms with Gasteiger partial charge in [0.25, 0.3) is 0 Å². The minimum absolute atomic E-state index is 0.168. The van der Waals surface area contributed by atoms with Gasteiger partial charge >= 0.3 is 6.09 Å². The first-order valence-corrected chi connectivity index (χ1v) is 9.95. The minimum atomic E-state index is -0.574. The Morgan fingerprint density at radius 3 is 3.07 bits per heavy atom. The van der Waals surface area contributed by atoms with E-state index >= 15 is 0 Å². The summed E-state index contributed by atoms with van der Waals surface area (Å²) >= 11 is 1.33. The molecule has 152 valence electrons. The highest BCUT2D eigenvalue weighted by molar-refractivity contribution is 7.16. The lowest BCUT2D eigenvalue weighted by molar-refractivity contribution is -0.111. The molecule has 2 atom stereocenters. The van der Waals surface area contributed by atoms with Crippen LogP contribution < -0.4 is 10.6 Å². The number of anilines is 1. The predicted octanol–water partition coefficient (Wildman–Crippen LogP) is 2.83. The molecule has 0 saturated heterocycles. The van der Waals surface area contributed by atoms with E-state index in [2.05, 4.69) is 16.7 Å². The Balaban J connectivity index is 1.65. The Labute approximate surface area is 171 Å². The van der Waals surface area contributed by atoms with Crippen LogP contribution in [-0.2, 0) is 22.4 Å². The van der Waals surface area contributed by atoms with Crippen LogP contribution in [0.15, 0.2) is 29.1 Å². The third kappa shape index (κ3) is 5.25. The third-order valence-corrected chi connectivity index (χ3v) is 5.62. The van der Waals surface area contributed by atoms with Gasteiger partial charge in [0.1, 0.15) is 17.2 Å². The minimum Gasteiger partial charge on any atom is -0.472 e. The first-order valence-electron chi connectivity index (χ1n) is 9.14. The molecule has 0 bridgehead atoms. The molecule has 0 fully saturated rings. The van der Waals surface area contributed by atoms with Crippen molar-refractivity contribution in [3.05, 3.63) is 46.2 Å². The normalized spacial score (nSPS) is 16.7. The fraction of sp³-hybridized carbons (Fsp3) is 0.350.